The van der Waals surface area contributed by atoms with Crippen LogP contribution in [0.2, 0.25) is 0 Å². The van der Waals surface area contributed by atoms with Gasteiger partial charge in [-0.25, -0.2) is 9.18 Å². The van der Waals surface area contributed by atoms with E-state index in [1.807, 2.05) is 12.1 Å². The quantitative estimate of drug-likeness (QED) is 0.899. The fraction of sp³-hybridized carbons (Fsp3) is 0.316. The van der Waals surface area contributed by atoms with Gasteiger partial charge >= 0.3 is 5.97 Å². The van der Waals surface area contributed by atoms with E-state index in [2.05, 4.69) is 20.8 Å². The molecule has 1 atom stereocenters. The van der Waals surface area contributed by atoms with Crippen LogP contribution in [0, 0.1) is 5.82 Å². The van der Waals surface area contributed by atoms with Gasteiger partial charge in [-0.1, -0.05) is 51.1 Å². The van der Waals surface area contributed by atoms with Crippen LogP contribution in [-0.2, 0) is 16.6 Å². The number of hydrogen-bond donors (Lipinski definition) is 1. The van der Waals surface area contributed by atoms with Gasteiger partial charge in [0.2, 0.25) is 0 Å². The van der Waals surface area contributed by atoms with Gasteiger partial charge in [0.1, 0.15) is 11.6 Å². The zero-order valence-electron chi connectivity index (χ0n) is 13.5. The number of halogens is 1. The molecule has 2 aromatic rings. The molecule has 0 aliphatic rings. The van der Waals surface area contributed by atoms with Crippen LogP contribution in [-0.4, -0.2) is 17.2 Å². The molecule has 122 valence electrons. The predicted molar refractivity (Wildman–Crippen MR) is 87.3 cm³/mol. The van der Waals surface area contributed by atoms with Crippen LogP contribution in [0.3, 0.4) is 0 Å². The van der Waals surface area contributed by atoms with Crippen molar-refractivity contribution in [1.82, 2.24) is 0 Å². The molecular formula is C19H21FO3. The Morgan fingerprint density at radius 2 is 1.74 bits per heavy atom. The molecule has 4 heteroatoms. The first kappa shape index (κ1) is 17.0. The lowest BCUT2D eigenvalue weighted by atomic mass is 9.87. The van der Waals surface area contributed by atoms with E-state index < -0.39 is 17.9 Å². The van der Waals surface area contributed by atoms with Gasteiger partial charge in [-0.2, -0.15) is 0 Å². The van der Waals surface area contributed by atoms with E-state index in [0.29, 0.717) is 11.3 Å². The highest BCUT2D eigenvalue weighted by Crippen LogP contribution is 2.25. The van der Waals surface area contributed by atoms with Crippen LogP contribution < -0.4 is 4.74 Å². The fourth-order valence-electron chi connectivity index (χ4n) is 2.24. The summed E-state index contributed by atoms with van der Waals surface area (Å²) in [6, 6.07) is 13.4. The van der Waals surface area contributed by atoms with Crippen LogP contribution >= 0.6 is 0 Å². The van der Waals surface area contributed by atoms with Crippen LogP contribution in [0.5, 0.6) is 5.75 Å². The number of rotatable bonds is 5. The summed E-state index contributed by atoms with van der Waals surface area (Å²) < 4.78 is 19.2. The van der Waals surface area contributed by atoms with Gasteiger partial charge in [-0.05, 0) is 34.7 Å². The molecule has 23 heavy (non-hydrogen) atoms. The Labute approximate surface area is 135 Å². The second kappa shape index (κ2) is 6.82. The lowest BCUT2D eigenvalue weighted by Crippen LogP contribution is -2.29. The van der Waals surface area contributed by atoms with Gasteiger partial charge in [0, 0.05) is 6.42 Å². The maximum atomic E-state index is 13.7. The minimum atomic E-state index is -1.13. The minimum Gasteiger partial charge on any atom is -0.478 e. The van der Waals surface area contributed by atoms with Crippen molar-refractivity contribution in [1.29, 1.82) is 0 Å². The molecule has 0 radical (unpaired) electrons. The molecule has 2 aromatic carbocycles. The molecule has 3 nitrogen and oxygen atoms in total. The third-order valence-corrected chi connectivity index (χ3v) is 3.64. The van der Waals surface area contributed by atoms with Crippen molar-refractivity contribution in [3.8, 4) is 5.75 Å². The second-order valence-electron chi connectivity index (χ2n) is 6.51. The molecule has 0 fully saturated rings. The van der Waals surface area contributed by atoms with Crippen molar-refractivity contribution < 1.29 is 19.0 Å². The average molecular weight is 316 g/mol. The highest BCUT2D eigenvalue weighted by Gasteiger charge is 2.22. The van der Waals surface area contributed by atoms with Crippen molar-refractivity contribution in [2.24, 2.45) is 0 Å². The SMILES string of the molecule is CC(C)(C)c1ccc(O[C@H](Cc2ccccc2F)C(=O)O)cc1. The molecule has 0 saturated heterocycles. The van der Waals surface area contributed by atoms with Crippen molar-refractivity contribution in [3.05, 3.63) is 65.5 Å². The maximum Gasteiger partial charge on any atom is 0.345 e. The highest BCUT2D eigenvalue weighted by molar-refractivity contribution is 5.73. The number of carbonyl (C=O) groups is 1. The third-order valence-electron chi connectivity index (χ3n) is 3.64. The standard InChI is InChI=1S/C19H21FO3/c1-19(2,3)14-8-10-15(11-9-14)23-17(18(21)22)12-13-6-4-5-7-16(13)20/h4-11,17H,12H2,1-3H3,(H,21,22)/t17-/m1/s1. The largest absolute Gasteiger partial charge is 0.478 e. The van der Waals surface area contributed by atoms with Crippen molar-refractivity contribution in [3.63, 3.8) is 0 Å². The van der Waals surface area contributed by atoms with Gasteiger partial charge < -0.3 is 9.84 Å². The zero-order chi connectivity index (χ0) is 17.0. The van der Waals surface area contributed by atoms with Crippen LogP contribution in [0.15, 0.2) is 48.5 Å². The Hall–Kier alpha value is -2.36. The lowest BCUT2D eigenvalue weighted by Gasteiger charge is -2.20. The molecule has 0 spiro atoms. The molecule has 0 unspecified atom stereocenters. The zero-order valence-corrected chi connectivity index (χ0v) is 13.5. The van der Waals surface area contributed by atoms with Crippen molar-refractivity contribution in [2.75, 3.05) is 0 Å². The Morgan fingerprint density at radius 3 is 2.26 bits per heavy atom. The van der Waals surface area contributed by atoms with E-state index in [4.69, 9.17) is 4.74 Å². The summed E-state index contributed by atoms with van der Waals surface area (Å²) in [5, 5.41) is 9.32. The number of hydrogen-bond acceptors (Lipinski definition) is 2. The first-order valence-corrected chi connectivity index (χ1v) is 7.51. The first-order valence-electron chi connectivity index (χ1n) is 7.51. The van der Waals surface area contributed by atoms with Crippen LogP contribution in [0.4, 0.5) is 4.39 Å². The van der Waals surface area contributed by atoms with Crippen LogP contribution in [0.1, 0.15) is 31.9 Å². The normalized spacial score (nSPS) is 12.7. The summed E-state index contributed by atoms with van der Waals surface area (Å²) >= 11 is 0. The van der Waals surface area contributed by atoms with E-state index in [1.54, 1.807) is 30.3 Å². The summed E-state index contributed by atoms with van der Waals surface area (Å²) in [6.07, 6.45) is -1.16. The van der Waals surface area contributed by atoms with Gasteiger partial charge in [-0.15, -0.1) is 0 Å². The lowest BCUT2D eigenvalue weighted by molar-refractivity contribution is -0.145. The van der Waals surface area contributed by atoms with E-state index in [1.165, 1.54) is 6.07 Å². The summed E-state index contributed by atoms with van der Waals surface area (Å²) in [5.41, 5.74) is 1.47. The third kappa shape index (κ3) is 4.55. The molecule has 0 bridgehead atoms. The molecule has 0 aromatic heterocycles. The number of benzene rings is 2. The van der Waals surface area contributed by atoms with Crippen LogP contribution in [0.25, 0.3) is 0 Å². The fourth-order valence-corrected chi connectivity index (χ4v) is 2.24. The molecular weight excluding hydrogens is 295 g/mol. The van der Waals surface area contributed by atoms with E-state index in [0.717, 1.165) is 5.56 Å². The molecule has 1 N–H and O–H groups in total. The number of aliphatic carboxylic acids is 1. The van der Waals surface area contributed by atoms with E-state index >= 15 is 0 Å². The summed E-state index contributed by atoms with van der Waals surface area (Å²) in [6.45, 7) is 6.29. The summed E-state index contributed by atoms with van der Waals surface area (Å²) in [4.78, 5) is 11.4. The number of ether oxygens (including phenoxy) is 1. The smallest absolute Gasteiger partial charge is 0.345 e. The van der Waals surface area contributed by atoms with Crippen molar-refractivity contribution >= 4 is 5.97 Å². The monoisotopic (exact) mass is 316 g/mol. The number of carboxylic acids is 1. The summed E-state index contributed by atoms with van der Waals surface area (Å²) in [5.74, 6) is -1.08. The first-order chi connectivity index (χ1) is 10.8. The van der Waals surface area contributed by atoms with Gasteiger partial charge in [0.15, 0.2) is 6.10 Å². The maximum absolute atomic E-state index is 13.7. The summed E-state index contributed by atoms with van der Waals surface area (Å²) in [7, 11) is 0. The molecule has 0 aliphatic heterocycles. The molecule has 0 heterocycles. The Kier molecular flexibility index (Phi) is 5.04. The predicted octanol–water partition coefficient (Wildman–Crippen LogP) is 4.20. The molecule has 2 rings (SSSR count). The van der Waals surface area contributed by atoms with Gasteiger partial charge in [-0.3, -0.25) is 0 Å². The Morgan fingerprint density at radius 1 is 1.13 bits per heavy atom. The number of carboxylic acid groups (broad SMARTS) is 1. The van der Waals surface area contributed by atoms with Crippen molar-refractivity contribution in [2.45, 2.75) is 38.7 Å². The average Bonchev–Trinajstić information content (AvgIpc) is 2.48. The highest BCUT2D eigenvalue weighted by atomic mass is 19.1. The Bertz CT molecular complexity index is 672. The molecule has 0 saturated carbocycles. The second-order valence-corrected chi connectivity index (χ2v) is 6.51. The Balaban J connectivity index is 2.14. The van der Waals surface area contributed by atoms with E-state index in [-0.39, 0.29) is 11.8 Å². The topological polar surface area (TPSA) is 46.5 Å². The molecule has 0 aliphatic carbocycles. The van der Waals surface area contributed by atoms with Gasteiger partial charge in [0.25, 0.3) is 0 Å². The molecule has 0 amide bonds. The van der Waals surface area contributed by atoms with E-state index in [9.17, 15) is 14.3 Å². The van der Waals surface area contributed by atoms with Gasteiger partial charge in [0.05, 0.1) is 0 Å². The minimum absolute atomic E-state index is 0.0118.